The first-order chi connectivity index (χ1) is 16.4. The Balaban J connectivity index is 1.83. The number of benzene rings is 4. The molecule has 168 valence electrons. The fourth-order valence-corrected chi connectivity index (χ4v) is 5.87. The molecule has 1 amide bonds. The van der Waals surface area contributed by atoms with E-state index in [1.54, 1.807) is 42.5 Å². The third kappa shape index (κ3) is 3.67. The maximum absolute atomic E-state index is 14.3. The molecule has 0 aliphatic carbocycles. The molecule has 0 radical (unpaired) electrons. The minimum absolute atomic E-state index is 0.0306. The SMILES string of the molecule is C[n+]1c2ccccc2c(C(=O)N(c2ccccc2)S(=O)(=O)c2ccc(Br)cc2)c2ccccc21. The lowest BCUT2D eigenvalue weighted by Gasteiger charge is -2.24. The van der Waals surface area contributed by atoms with Crippen molar-refractivity contribution in [2.24, 2.45) is 7.05 Å². The number of fused-ring (bicyclic) bond motifs is 2. The van der Waals surface area contributed by atoms with Gasteiger partial charge in [-0.3, -0.25) is 4.79 Å². The first-order valence-electron chi connectivity index (χ1n) is 10.6. The summed E-state index contributed by atoms with van der Waals surface area (Å²) in [5.41, 5.74) is 2.28. The minimum atomic E-state index is -4.21. The lowest BCUT2D eigenvalue weighted by atomic mass is 10.0. The maximum Gasteiger partial charge on any atom is 0.274 e. The standard InChI is InChI=1S/C27H20BrN2O3S/c1-29-24-13-7-5-11-22(24)26(23-12-6-8-14-25(23)29)27(31)30(20-9-3-2-4-10-20)34(32,33)21-17-15-19(28)16-18-21/h2-18H,1H3/q+1. The van der Waals surface area contributed by atoms with Crippen LogP contribution >= 0.6 is 15.9 Å². The number of nitrogens with zero attached hydrogens (tertiary/aromatic N) is 2. The first kappa shape index (κ1) is 22.3. The number of amides is 1. The molecular weight excluding hydrogens is 512 g/mol. The second-order valence-electron chi connectivity index (χ2n) is 7.83. The van der Waals surface area contributed by atoms with Crippen LogP contribution in [0.2, 0.25) is 0 Å². The zero-order valence-corrected chi connectivity index (χ0v) is 20.6. The Morgan fingerprint density at radius 1 is 0.735 bits per heavy atom. The van der Waals surface area contributed by atoms with Crippen LogP contribution in [0.3, 0.4) is 0 Å². The van der Waals surface area contributed by atoms with E-state index in [1.165, 1.54) is 12.1 Å². The summed E-state index contributed by atoms with van der Waals surface area (Å²) in [7, 11) is -2.27. The maximum atomic E-state index is 14.3. The molecule has 0 saturated carbocycles. The fourth-order valence-electron chi connectivity index (χ4n) is 4.20. The van der Waals surface area contributed by atoms with Gasteiger partial charge in [-0.2, -0.15) is 8.87 Å². The first-order valence-corrected chi connectivity index (χ1v) is 12.8. The molecule has 0 spiro atoms. The molecule has 0 fully saturated rings. The van der Waals surface area contributed by atoms with Crippen LogP contribution in [0.25, 0.3) is 21.8 Å². The highest BCUT2D eigenvalue weighted by atomic mass is 79.9. The zero-order valence-electron chi connectivity index (χ0n) is 18.2. The molecule has 0 atom stereocenters. The van der Waals surface area contributed by atoms with Gasteiger partial charge in [0.1, 0.15) is 7.05 Å². The van der Waals surface area contributed by atoms with Crippen molar-refractivity contribution in [1.82, 2.24) is 0 Å². The summed E-state index contributed by atoms with van der Waals surface area (Å²) < 4.78 is 31.4. The lowest BCUT2D eigenvalue weighted by molar-refractivity contribution is -0.617. The van der Waals surface area contributed by atoms with Gasteiger partial charge >= 0.3 is 0 Å². The number of anilines is 1. The van der Waals surface area contributed by atoms with Crippen molar-refractivity contribution in [3.05, 3.63) is 113 Å². The lowest BCUT2D eigenvalue weighted by Crippen LogP contribution is -2.38. The van der Waals surface area contributed by atoms with E-state index in [9.17, 15) is 13.2 Å². The van der Waals surface area contributed by atoms with Crippen LogP contribution in [0.15, 0.2) is 112 Å². The molecule has 5 nitrogen and oxygen atoms in total. The number of carbonyl (C=O) groups excluding carboxylic acids is 1. The van der Waals surface area contributed by atoms with Crippen LogP contribution in [0, 0.1) is 0 Å². The predicted molar refractivity (Wildman–Crippen MR) is 137 cm³/mol. The fraction of sp³-hybridized carbons (Fsp3) is 0.0370. The normalized spacial score (nSPS) is 11.6. The second kappa shape index (κ2) is 8.66. The number of halogens is 1. The smallest absolute Gasteiger partial charge is 0.268 e. The van der Waals surface area contributed by atoms with Gasteiger partial charge in [0.05, 0.1) is 26.9 Å². The van der Waals surface area contributed by atoms with E-state index >= 15 is 0 Å². The quantitative estimate of drug-likeness (QED) is 0.223. The van der Waals surface area contributed by atoms with Crippen molar-refractivity contribution in [3.63, 3.8) is 0 Å². The molecule has 0 N–H and O–H groups in total. The van der Waals surface area contributed by atoms with Crippen LogP contribution in [0.1, 0.15) is 10.4 Å². The van der Waals surface area contributed by atoms with Crippen LogP contribution in [0.5, 0.6) is 0 Å². The highest BCUT2D eigenvalue weighted by Gasteiger charge is 2.35. The third-order valence-corrected chi connectivity index (χ3v) is 8.06. The largest absolute Gasteiger partial charge is 0.274 e. The highest BCUT2D eigenvalue weighted by molar-refractivity contribution is 9.10. The van der Waals surface area contributed by atoms with Crippen molar-refractivity contribution < 1.29 is 17.8 Å². The summed E-state index contributed by atoms with van der Waals surface area (Å²) in [5, 5.41) is 1.36. The number of aryl methyl sites for hydroxylation is 1. The van der Waals surface area contributed by atoms with E-state index in [-0.39, 0.29) is 10.6 Å². The number of rotatable bonds is 4. The number of hydrogen-bond donors (Lipinski definition) is 0. The Labute approximate surface area is 206 Å². The molecule has 5 rings (SSSR count). The number of aromatic nitrogens is 1. The summed E-state index contributed by atoms with van der Waals surface area (Å²) in [5.74, 6) is -0.609. The number of pyridine rings is 1. The van der Waals surface area contributed by atoms with E-state index in [4.69, 9.17) is 0 Å². The third-order valence-electron chi connectivity index (χ3n) is 5.81. The summed E-state index contributed by atoms with van der Waals surface area (Å²) in [6.07, 6.45) is 0. The Bertz CT molecular complexity index is 1590. The molecule has 7 heteroatoms. The molecule has 4 aromatic carbocycles. The van der Waals surface area contributed by atoms with Crippen LogP contribution in [-0.4, -0.2) is 14.3 Å². The van der Waals surface area contributed by atoms with Crippen molar-refractivity contribution in [1.29, 1.82) is 0 Å². The summed E-state index contributed by atoms with van der Waals surface area (Å²) >= 11 is 3.34. The molecule has 0 bridgehead atoms. The molecule has 0 aliphatic rings. The van der Waals surface area contributed by atoms with Gasteiger partial charge in [0.25, 0.3) is 15.9 Å². The van der Waals surface area contributed by atoms with Gasteiger partial charge in [-0.05, 0) is 48.5 Å². The van der Waals surface area contributed by atoms with Crippen molar-refractivity contribution in [3.8, 4) is 0 Å². The van der Waals surface area contributed by atoms with Gasteiger partial charge in [0.15, 0.2) is 0 Å². The second-order valence-corrected chi connectivity index (χ2v) is 10.5. The average Bonchev–Trinajstić information content (AvgIpc) is 2.85. The zero-order chi connectivity index (χ0) is 23.9. The van der Waals surface area contributed by atoms with Gasteiger partial charge in [-0.15, -0.1) is 0 Å². The van der Waals surface area contributed by atoms with Gasteiger partial charge in [0, 0.05) is 16.6 Å². The van der Waals surface area contributed by atoms with E-state index in [2.05, 4.69) is 15.9 Å². The van der Waals surface area contributed by atoms with Gasteiger partial charge in [-0.1, -0.05) is 58.4 Å². The molecule has 34 heavy (non-hydrogen) atoms. The van der Waals surface area contributed by atoms with Crippen LogP contribution in [-0.2, 0) is 17.1 Å². The van der Waals surface area contributed by atoms with E-state index in [1.807, 2.05) is 60.1 Å². The molecule has 0 aliphatic heterocycles. The van der Waals surface area contributed by atoms with E-state index in [0.717, 1.165) is 19.8 Å². The molecule has 1 heterocycles. The van der Waals surface area contributed by atoms with Crippen molar-refractivity contribution in [2.75, 3.05) is 4.31 Å². The Morgan fingerprint density at radius 3 is 1.79 bits per heavy atom. The molecule has 0 unspecified atom stereocenters. The topological polar surface area (TPSA) is 58.3 Å². The number of carbonyl (C=O) groups is 1. The minimum Gasteiger partial charge on any atom is -0.268 e. The average molecular weight is 532 g/mol. The summed E-state index contributed by atoms with van der Waals surface area (Å²) in [6.45, 7) is 0. The van der Waals surface area contributed by atoms with Crippen LogP contribution in [0.4, 0.5) is 5.69 Å². The van der Waals surface area contributed by atoms with E-state index < -0.39 is 15.9 Å². The van der Waals surface area contributed by atoms with Crippen LogP contribution < -0.4 is 8.87 Å². The predicted octanol–water partition coefficient (Wildman–Crippen LogP) is 5.62. The molecule has 5 aromatic rings. The van der Waals surface area contributed by atoms with E-state index in [0.29, 0.717) is 16.3 Å². The van der Waals surface area contributed by atoms with Crippen molar-refractivity contribution in [2.45, 2.75) is 4.90 Å². The Morgan fingerprint density at radius 2 is 1.24 bits per heavy atom. The monoisotopic (exact) mass is 531 g/mol. The molecule has 1 aromatic heterocycles. The highest BCUT2D eigenvalue weighted by Crippen LogP contribution is 2.31. The van der Waals surface area contributed by atoms with Gasteiger partial charge in [0.2, 0.25) is 11.0 Å². The molecular formula is C27H20BrN2O3S+. The van der Waals surface area contributed by atoms with Gasteiger partial charge < -0.3 is 0 Å². The van der Waals surface area contributed by atoms with Crippen molar-refractivity contribution >= 4 is 59.4 Å². The number of para-hydroxylation sites is 3. The summed E-state index contributed by atoms with van der Waals surface area (Å²) in [4.78, 5) is 14.3. The molecule has 0 saturated heterocycles. The number of hydrogen-bond acceptors (Lipinski definition) is 3. The Hall–Kier alpha value is -3.55. The van der Waals surface area contributed by atoms with Gasteiger partial charge in [-0.25, -0.2) is 8.42 Å². The number of sulfonamides is 1. The summed E-state index contributed by atoms with van der Waals surface area (Å²) in [6, 6.07) is 29.8. The Kier molecular flexibility index (Phi) is 5.67.